The van der Waals surface area contributed by atoms with Crippen LogP contribution in [0.3, 0.4) is 0 Å². The van der Waals surface area contributed by atoms with E-state index in [2.05, 4.69) is 15.2 Å². The molecule has 3 rings (SSSR count). The summed E-state index contributed by atoms with van der Waals surface area (Å²) in [6.07, 6.45) is -2.32. The van der Waals surface area contributed by atoms with E-state index >= 15 is 4.39 Å². The molecule has 0 unspecified atom stereocenters. The Balaban J connectivity index is 2.26. The second kappa shape index (κ2) is 5.92. The van der Waals surface area contributed by atoms with E-state index in [9.17, 15) is 13.2 Å². The zero-order valence-corrected chi connectivity index (χ0v) is 17.4. The van der Waals surface area contributed by atoms with Crippen molar-refractivity contribution in [1.29, 1.82) is 0 Å². The van der Waals surface area contributed by atoms with Gasteiger partial charge in [0.2, 0.25) is 0 Å². The van der Waals surface area contributed by atoms with E-state index in [1.54, 1.807) is 0 Å². The van der Waals surface area contributed by atoms with Crippen LogP contribution in [-0.2, 0) is 12.7 Å². The van der Waals surface area contributed by atoms with Crippen molar-refractivity contribution in [1.82, 2.24) is 19.7 Å². The third kappa shape index (κ3) is 3.29. The third-order valence-corrected chi connectivity index (χ3v) is 9.53. The quantitative estimate of drug-likeness (QED) is 0.516. The number of halogens is 4. The summed E-state index contributed by atoms with van der Waals surface area (Å²) in [5.41, 5.74) is -3.58. The minimum absolute atomic E-state index is 0.129. The van der Waals surface area contributed by atoms with E-state index in [-0.39, 0.29) is 5.92 Å². The van der Waals surface area contributed by atoms with Crippen LogP contribution >= 0.6 is 0 Å². The maximum absolute atomic E-state index is 15.6. The summed E-state index contributed by atoms with van der Waals surface area (Å²) >= 11 is -2.82. The monoisotopic (exact) mass is 464 g/mol. The number of alkyl halides is 4. The number of aryl methyl sites for hydroxylation is 1. The molecule has 0 bridgehead atoms. The van der Waals surface area contributed by atoms with E-state index < -0.39 is 41.6 Å². The van der Waals surface area contributed by atoms with Crippen molar-refractivity contribution in [3.63, 3.8) is 0 Å². The minimum atomic E-state index is -5.15. The fourth-order valence-corrected chi connectivity index (χ4v) is 5.74. The van der Waals surface area contributed by atoms with Crippen LogP contribution in [-0.4, -0.2) is 44.3 Å². The van der Waals surface area contributed by atoms with E-state index in [0.717, 1.165) is 23.7 Å². The number of nitrogens with zero attached hydrogens (tertiary/aromatic N) is 4. The zero-order valence-electron chi connectivity index (χ0n) is 14.5. The molecule has 9 heteroatoms. The van der Waals surface area contributed by atoms with Crippen LogP contribution in [0.1, 0.15) is 35.8 Å². The van der Waals surface area contributed by atoms with Gasteiger partial charge in [-0.05, 0) is 0 Å². The average Bonchev–Trinajstić information content (AvgIpc) is 3.26. The molecule has 4 nitrogen and oxygen atoms in total. The Kier molecular flexibility index (Phi) is 4.40. The summed E-state index contributed by atoms with van der Waals surface area (Å²) in [6, 6.07) is 2.56. The molecule has 0 aliphatic heterocycles. The summed E-state index contributed by atoms with van der Waals surface area (Å²) < 4.78 is 58.8. The summed E-state index contributed by atoms with van der Waals surface area (Å²) in [6.45, 7) is 0. The van der Waals surface area contributed by atoms with Crippen molar-refractivity contribution in [3.05, 3.63) is 35.5 Å². The van der Waals surface area contributed by atoms with Gasteiger partial charge in [-0.15, -0.1) is 0 Å². The third-order valence-electron chi connectivity index (χ3n) is 4.42. The van der Waals surface area contributed by atoms with Gasteiger partial charge in [0.05, 0.1) is 0 Å². The second-order valence-corrected chi connectivity index (χ2v) is 21.9. The van der Waals surface area contributed by atoms with Gasteiger partial charge in [-0.3, -0.25) is 0 Å². The Morgan fingerprint density at radius 2 is 1.76 bits per heavy atom. The van der Waals surface area contributed by atoms with E-state index in [1.807, 2.05) is 14.8 Å². The van der Waals surface area contributed by atoms with Crippen molar-refractivity contribution in [3.8, 4) is 0 Å². The molecule has 2 heterocycles. The van der Waals surface area contributed by atoms with Gasteiger partial charge in [-0.25, -0.2) is 0 Å². The Hall–Kier alpha value is -1.19. The van der Waals surface area contributed by atoms with Crippen molar-refractivity contribution in [2.24, 2.45) is 7.05 Å². The van der Waals surface area contributed by atoms with Gasteiger partial charge >= 0.3 is 147 Å². The van der Waals surface area contributed by atoms with Gasteiger partial charge in [-0.1, -0.05) is 0 Å². The fourth-order valence-electron chi connectivity index (χ4n) is 2.74. The molecule has 0 spiro atoms. The summed E-state index contributed by atoms with van der Waals surface area (Å²) in [7, 11) is 1.31. The molecule has 136 valence electrons. The molecule has 0 aromatic carbocycles. The van der Waals surface area contributed by atoms with Crippen LogP contribution in [0.15, 0.2) is 18.5 Å². The van der Waals surface area contributed by atoms with Gasteiger partial charge in [0, 0.05) is 0 Å². The van der Waals surface area contributed by atoms with Crippen LogP contribution in [0.2, 0.25) is 14.8 Å². The topological polar surface area (TPSA) is 43.6 Å². The van der Waals surface area contributed by atoms with Crippen LogP contribution in [0.5, 0.6) is 0 Å². The first-order valence-corrected chi connectivity index (χ1v) is 18.1. The Morgan fingerprint density at radius 1 is 1.12 bits per heavy atom. The molecule has 1 atom stereocenters. The number of hydrogen-bond acceptors (Lipinski definition) is 3. The van der Waals surface area contributed by atoms with Crippen LogP contribution in [0, 0.1) is 0 Å². The first-order valence-electron chi connectivity index (χ1n) is 8.07. The molecule has 2 aromatic heterocycles. The van der Waals surface area contributed by atoms with Crippen molar-refractivity contribution >= 4 is 22.1 Å². The summed E-state index contributed by atoms with van der Waals surface area (Å²) in [5, 5.41) is 6.87. The number of aromatic nitrogens is 4. The zero-order chi connectivity index (χ0) is 18.6. The van der Waals surface area contributed by atoms with Gasteiger partial charge in [-0.2, -0.15) is 0 Å². The van der Waals surface area contributed by atoms with Crippen molar-refractivity contribution < 1.29 is 17.6 Å². The van der Waals surface area contributed by atoms with Crippen LogP contribution < -0.4 is 3.71 Å². The Morgan fingerprint density at radius 3 is 2.20 bits per heavy atom. The summed E-state index contributed by atoms with van der Waals surface area (Å²) in [5.74, 6) is -0.632. The van der Waals surface area contributed by atoms with E-state index in [0.29, 0.717) is 9.40 Å². The Bertz CT molecular complexity index is 792. The van der Waals surface area contributed by atoms with Gasteiger partial charge in [0.15, 0.2) is 0 Å². The molecule has 1 fully saturated rings. The molecular formula is C16H20F4N4Sn. The van der Waals surface area contributed by atoms with Crippen LogP contribution in [0.4, 0.5) is 17.6 Å². The fraction of sp³-hybridized carbons (Fsp3) is 0.562. The van der Waals surface area contributed by atoms with Gasteiger partial charge in [0.1, 0.15) is 0 Å². The normalized spacial score (nSPS) is 18.2. The first kappa shape index (κ1) is 18.6. The summed E-state index contributed by atoms with van der Waals surface area (Å²) in [4.78, 5) is 10.7. The molecule has 1 saturated carbocycles. The second-order valence-electron chi connectivity index (χ2n) is 7.61. The molecule has 0 saturated heterocycles. The van der Waals surface area contributed by atoms with Crippen molar-refractivity contribution in [2.45, 2.75) is 45.4 Å². The van der Waals surface area contributed by atoms with Gasteiger partial charge < -0.3 is 0 Å². The van der Waals surface area contributed by atoms with E-state index in [4.69, 9.17) is 0 Å². The maximum atomic E-state index is 15.6. The predicted octanol–water partition coefficient (Wildman–Crippen LogP) is 3.41. The number of hydrogen-bond donors (Lipinski definition) is 0. The first-order chi connectivity index (χ1) is 11.4. The van der Waals surface area contributed by atoms with E-state index in [1.165, 1.54) is 19.2 Å². The predicted molar refractivity (Wildman–Crippen MR) is 88.1 cm³/mol. The SMILES string of the molecule is Cn1cnnc1[C@](F)(c1cc(C2CC2)n[c]([Sn]([CH3])([CH3])[CH3])c1)C(F)(F)F. The molecule has 2 aromatic rings. The van der Waals surface area contributed by atoms with Gasteiger partial charge in [0.25, 0.3) is 0 Å². The molecule has 1 aliphatic carbocycles. The Labute approximate surface area is 147 Å². The molecule has 0 N–H and O–H groups in total. The number of pyridine rings is 1. The molecule has 1 aliphatic rings. The molecular weight excluding hydrogens is 443 g/mol. The molecule has 0 amide bonds. The van der Waals surface area contributed by atoms with Crippen molar-refractivity contribution in [2.75, 3.05) is 0 Å². The molecule has 25 heavy (non-hydrogen) atoms. The molecule has 0 radical (unpaired) electrons. The van der Waals surface area contributed by atoms with Crippen LogP contribution in [0.25, 0.3) is 0 Å². The average molecular weight is 463 g/mol. The number of rotatable bonds is 4. The standard InChI is InChI=1S/C13H11F4N4.3CH3.Sn/c1-21-7-19-20-11(21)12(14,13(15,16)17)9-4-5-18-10(6-9)8-2-3-8;;;;/h4,6-8H,2-3H2,1H3;3*1H3;/t12-;;;;/m1..../s1.